The lowest BCUT2D eigenvalue weighted by Gasteiger charge is -2.17. The molecule has 3 aromatic heterocycles. The molecule has 0 aliphatic heterocycles. The molecule has 66 heavy (non-hydrogen) atoms. The zero-order chi connectivity index (χ0) is 43.6. The topological polar surface area (TPSA) is 48.5 Å². The monoisotopic (exact) mass is 841 g/mol. The molecule has 0 spiro atoms. The standard InChI is InChI=1S/C61H39N5/c1-5-20-40(21-6-1)43-36-37-50(61-63-59(41-22-7-2-8-23-41)62-60(64-61)42-24-9-3-10-25-42)55(39-43)66-53-34-18-15-30-48(53)56-47(32-19-35-54(56)66)51-38-44-26-13-14-29-46(44)58-57(51)49-31-16-17-33-52(49)65(58)45-27-11-4-12-28-45/h1-39H. The van der Waals surface area contributed by atoms with E-state index in [-0.39, 0.29) is 0 Å². The van der Waals surface area contributed by atoms with Crippen LogP contribution < -0.4 is 0 Å². The largest absolute Gasteiger partial charge is 0.309 e. The molecule has 13 rings (SSSR count). The number of nitrogens with zero attached hydrogens (tertiary/aromatic N) is 5. The Bertz CT molecular complexity index is 3910. The van der Waals surface area contributed by atoms with Crippen molar-refractivity contribution in [3.8, 4) is 67.8 Å². The number of hydrogen-bond acceptors (Lipinski definition) is 3. The molecular weight excluding hydrogens is 803 g/mol. The van der Waals surface area contributed by atoms with E-state index in [0.717, 1.165) is 55.6 Å². The summed E-state index contributed by atoms with van der Waals surface area (Å²) in [4.78, 5) is 15.6. The first kappa shape index (κ1) is 37.6. The quantitative estimate of drug-likeness (QED) is 0.161. The van der Waals surface area contributed by atoms with Gasteiger partial charge in [0.1, 0.15) is 0 Å². The van der Waals surface area contributed by atoms with Crippen LogP contribution in [0.2, 0.25) is 0 Å². The predicted octanol–water partition coefficient (Wildman–Crippen LogP) is 15.6. The molecule has 0 saturated carbocycles. The SMILES string of the molecule is c1ccc(-c2ccc(-c3nc(-c4ccccc4)nc(-c4ccccc4)n3)c(-n3c4ccccc4c4c(-c5cc6ccccc6c6c5c5ccccc5n6-c5ccccc5)cccc43)c2)cc1. The predicted molar refractivity (Wildman–Crippen MR) is 273 cm³/mol. The van der Waals surface area contributed by atoms with Crippen molar-refractivity contribution in [1.29, 1.82) is 0 Å². The molecule has 13 aromatic rings. The van der Waals surface area contributed by atoms with Crippen LogP contribution in [0.3, 0.4) is 0 Å². The van der Waals surface area contributed by atoms with E-state index in [2.05, 4.69) is 209 Å². The molecule has 0 fully saturated rings. The Hall–Kier alpha value is -8.93. The second-order valence-corrected chi connectivity index (χ2v) is 16.7. The van der Waals surface area contributed by atoms with Crippen molar-refractivity contribution in [3.05, 3.63) is 237 Å². The lowest BCUT2D eigenvalue weighted by atomic mass is 9.92. The van der Waals surface area contributed by atoms with Crippen LogP contribution in [-0.4, -0.2) is 24.1 Å². The van der Waals surface area contributed by atoms with Crippen molar-refractivity contribution >= 4 is 54.4 Å². The minimum absolute atomic E-state index is 0.601. The van der Waals surface area contributed by atoms with E-state index in [1.807, 2.05) is 36.4 Å². The van der Waals surface area contributed by atoms with Crippen molar-refractivity contribution in [3.63, 3.8) is 0 Å². The molecule has 0 aliphatic rings. The van der Waals surface area contributed by atoms with E-state index in [9.17, 15) is 0 Å². The van der Waals surface area contributed by atoms with Crippen LogP contribution in [0.15, 0.2) is 237 Å². The summed E-state index contributed by atoms with van der Waals surface area (Å²) in [5.41, 5.74) is 14.0. The first-order valence-corrected chi connectivity index (χ1v) is 22.4. The molecule has 5 nitrogen and oxygen atoms in total. The summed E-state index contributed by atoms with van der Waals surface area (Å²) in [6, 6.07) is 84.1. The van der Waals surface area contributed by atoms with Crippen LogP contribution in [0.4, 0.5) is 0 Å². The average molecular weight is 842 g/mol. The molecule has 3 heterocycles. The van der Waals surface area contributed by atoms with Crippen molar-refractivity contribution in [2.75, 3.05) is 0 Å². The molecule has 0 N–H and O–H groups in total. The van der Waals surface area contributed by atoms with E-state index in [1.165, 1.54) is 49.1 Å². The number of fused-ring (bicyclic) bond motifs is 8. The number of rotatable bonds is 7. The Kier molecular flexibility index (Phi) is 8.78. The summed E-state index contributed by atoms with van der Waals surface area (Å²) < 4.78 is 4.87. The first-order valence-electron chi connectivity index (χ1n) is 22.4. The Morgan fingerprint density at radius 1 is 0.288 bits per heavy atom. The zero-order valence-corrected chi connectivity index (χ0v) is 35.8. The highest BCUT2D eigenvalue weighted by molar-refractivity contribution is 6.27. The number of hydrogen-bond donors (Lipinski definition) is 0. The van der Waals surface area contributed by atoms with Gasteiger partial charge in [0.05, 0.1) is 27.8 Å². The van der Waals surface area contributed by atoms with Gasteiger partial charge in [0.2, 0.25) is 0 Å². The number of benzene rings is 10. The van der Waals surface area contributed by atoms with Gasteiger partial charge >= 0.3 is 0 Å². The zero-order valence-electron chi connectivity index (χ0n) is 35.8. The molecule has 0 radical (unpaired) electrons. The van der Waals surface area contributed by atoms with E-state index in [1.54, 1.807) is 0 Å². The molecule has 5 heteroatoms. The molecule has 0 bridgehead atoms. The fourth-order valence-corrected chi connectivity index (χ4v) is 10.0. The molecule has 0 unspecified atom stereocenters. The molecular formula is C61H39N5. The second-order valence-electron chi connectivity index (χ2n) is 16.7. The minimum atomic E-state index is 0.601. The maximum absolute atomic E-state index is 5.28. The Morgan fingerprint density at radius 3 is 1.47 bits per heavy atom. The molecule has 0 atom stereocenters. The molecule has 10 aromatic carbocycles. The fourth-order valence-electron chi connectivity index (χ4n) is 10.0. The summed E-state index contributed by atoms with van der Waals surface area (Å²) >= 11 is 0. The number of aromatic nitrogens is 5. The van der Waals surface area contributed by atoms with Gasteiger partial charge in [0.15, 0.2) is 17.5 Å². The van der Waals surface area contributed by atoms with Gasteiger partial charge in [-0.3, -0.25) is 0 Å². The highest BCUT2D eigenvalue weighted by Crippen LogP contribution is 2.47. The smallest absolute Gasteiger partial charge is 0.166 e. The van der Waals surface area contributed by atoms with Crippen LogP contribution in [-0.2, 0) is 0 Å². The van der Waals surface area contributed by atoms with Gasteiger partial charge < -0.3 is 9.13 Å². The van der Waals surface area contributed by atoms with E-state index < -0.39 is 0 Å². The van der Waals surface area contributed by atoms with E-state index in [4.69, 9.17) is 15.0 Å². The van der Waals surface area contributed by atoms with Crippen LogP contribution in [0.5, 0.6) is 0 Å². The summed E-state index contributed by atoms with van der Waals surface area (Å²) in [7, 11) is 0. The highest BCUT2D eigenvalue weighted by atomic mass is 15.1. The molecule has 0 aliphatic carbocycles. The lowest BCUT2D eigenvalue weighted by Crippen LogP contribution is -2.04. The van der Waals surface area contributed by atoms with Crippen LogP contribution >= 0.6 is 0 Å². The van der Waals surface area contributed by atoms with Gasteiger partial charge in [-0.25, -0.2) is 15.0 Å². The van der Waals surface area contributed by atoms with Crippen molar-refractivity contribution < 1.29 is 0 Å². The first-order chi connectivity index (χ1) is 32.8. The van der Waals surface area contributed by atoms with Crippen molar-refractivity contribution in [2.24, 2.45) is 0 Å². The minimum Gasteiger partial charge on any atom is -0.309 e. The van der Waals surface area contributed by atoms with Gasteiger partial charge in [0, 0.05) is 49.3 Å². The summed E-state index contributed by atoms with van der Waals surface area (Å²) in [6.07, 6.45) is 0. The van der Waals surface area contributed by atoms with E-state index in [0.29, 0.717) is 17.5 Å². The van der Waals surface area contributed by atoms with E-state index >= 15 is 0 Å². The summed E-state index contributed by atoms with van der Waals surface area (Å²) in [5, 5.41) is 7.21. The van der Waals surface area contributed by atoms with Crippen LogP contribution in [0, 0.1) is 0 Å². The van der Waals surface area contributed by atoms with Gasteiger partial charge in [-0.05, 0) is 76.2 Å². The van der Waals surface area contributed by atoms with Crippen LogP contribution in [0.25, 0.3) is 122 Å². The number of para-hydroxylation sites is 3. The Labute approximate surface area is 381 Å². The summed E-state index contributed by atoms with van der Waals surface area (Å²) in [6.45, 7) is 0. The average Bonchev–Trinajstić information content (AvgIpc) is 3.93. The van der Waals surface area contributed by atoms with Gasteiger partial charge in [-0.2, -0.15) is 0 Å². The Balaban J connectivity index is 1.13. The second kappa shape index (κ2) is 15.4. The van der Waals surface area contributed by atoms with Crippen LogP contribution in [0.1, 0.15) is 0 Å². The molecule has 0 saturated heterocycles. The third kappa shape index (κ3) is 6.05. The third-order valence-electron chi connectivity index (χ3n) is 12.9. The van der Waals surface area contributed by atoms with Gasteiger partial charge in [0.25, 0.3) is 0 Å². The normalized spacial score (nSPS) is 11.6. The Morgan fingerprint density at radius 2 is 0.803 bits per heavy atom. The fraction of sp³-hybridized carbons (Fsp3) is 0. The maximum Gasteiger partial charge on any atom is 0.166 e. The maximum atomic E-state index is 5.28. The summed E-state index contributed by atoms with van der Waals surface area (Å²) in [5.74, 6) is 1.85. The molecule has 0 amide bonds. The van der Waals surface area contributed by atoms with Gasteiger partial charge in [-0.15, -0.1) is 0 Å². The molecule has 308 valence electrons. The van der Waals surface area contributed by atoms with Crippen molar-refractivity contribution in [1.82, 2.24) is 24.1 Å². The van der Waals surface area contributed by atoms with Gasteiger partial charge in [-0.1, -0.05) is 188 Å². The third-order valence-corrected chi connectivity index (χ3v) is 12.9. The van der Waals surface area contributed by atoms with Crippen molar-refractivity contribution in [2.45, 2.75) is 0 Å². The highest BCUT2D eigenvalue weighted by Gasteiger charge is 2.25. The lowest BCUT2D eigenvalue weighted by molar-refractivity contribution is 1.06.